The number of amides is 1. The first kappa shape index (κ1) is 16.1. The third-order valence-electron chi connectivity index (χ3n) is 3.62. The second-order valence-corrected chi connectivity index (χ2v) is 4.94. The molecule has 0 heterocycles. The Kier molecular flexibility index (Phi) is 5.23. The van der Waals surface area contributed by atoms with Crippen LogP contribution in [0.2, 0.25) is 0 Å². The van der Waals surface area contributed by atoms with Gasteiger partial charge >= 0.3 is 0 Å². The molecule has 0 spiro atoms. The average molecular weight is 277 g/mol. The number of halogens is 1. The molecule has 0 aromatic heterocycles. The fourth-order valence-corrected chi connectivity index (χ4v) is 2.03. The largest absolute Gasteiger partial charge is 0.340 e. The van der Waals surface area contributed by atoms with Gasteiger partial charge in [0.15, 0.2) is 0 Å². The van der Waals surface area contributed by atoms with E-state index in [1.807, 2.05) is 19.9 Å². The van der Waals surface area contributed by atoms with Crippen molar-refractivity contribution in [3.8, 4) is 6.07 Å². The van der Waals surface area contributed by atoms with Crippen LogP contribution in [0.4, 0.5) is 4.39 Å². The topological polar surface area (TPSA) is 70.1 Å². The number of hydrogen-bond donors (Lipinski definition) is 1. The Morgan fingerprint density at radius 3 is 2.55 bits per heavy atom. The molecule has 0 aliphatic carbocycles. The summed E-state index contributed by atoms with van der Waals surface area (Å²) in [6.45, 7) is 3.80. The predicted molar refractivity (Wildman–Crippen MR) is 75.1 cm³/mol. The van der Waals surface area contributed by atoms with Crippen molar-refractivity contribution in [1.82, 2.24) is 4.90 Å². The van der Waals surface area contributed by atoms with E-state index >= 15 is 0 Å². The van der Waals surface area contributed by atoms with Crippen molar-refractivity contribution in [2.24, 2.45) is 5.73 Å². The molecular weight excluding hydrogens is 257 g/mol. The molecule has 0 aliphatic rings. The zero-order chi connectivity index (χ0) is 15.3. The van der Waals surface area contributed by atoms with Crippen LogP contribution in [0, 0.1) is 17.1 Å². The van der Waals surface area contributed by atoms with Crippen LogP contribution in [0.3, 0.4) is 0 Å². The summed E-state index contributed by atoms with van der Waals surface area (Å²) in [4.78, 5) is 13.7. The van der Waals surface area contributed by atoms with Gasteiger partial charge in [-0.15, -0.1) is 0 Å². The van der Waals surface area contributed by atoms with Crippen LogP contribution in [-0.2, 0) is 11.3 Å². The number of benzene rings is 1. The van der Waals surface area contributed by atoms with Gasteiger partial charge in [-0.05, 0) is 31.0 Å². The number of carbonyl (C=O) groups is 1. The number of nitrogens with zero attached hydrogens (tertiary/aromatic N) is 2. The minimum atomic E-state index is -0.919. The maximum absolute atomic E-state index is 13.7. The van der Waals surface area contributed by atoms with Gasteiger partial charge in [0.1, 0.15) is 5.82 Å². The molecule has 1 aromatic carbocycles. The van der Waals surface area contributed by atoms with Crippen LogP contribution in [0.5, 0.6) is 0 Å². The SMILES string of the molecule is CCC(N)(CC)C(=O)N(C)Cc1cc(C#N)ccc1F. The lowest BCUT2D eigenvalue weighted by atomic mass is 9.92. The van der Waals surface area contributed by atoms with Crippen LogP contribution in [0.15, 0.2) is 18.2 Å². The highest BCUT2D eigenvalue weighted by Crippen LogP contribution is 2.18. The molecular formula is C15H20FN3O. The number of hydrogen-bond acceptors (Lipinski definition) is 3. The predicted octanol–water partition coefficient (Wildman–Crippen LogP) is 2.17. The zero-order valence-corrected chi connectivity index (χ0v) is 12.1. The molecule has 0 fully saturated rings. The third kappa shape index (κ3) is 3.34. The molecule has 20 heavy (non-hydrogen) atoms. The van der Waals surface area contributed by atoms with Crippen molar-refractivity contribution in [3.63, 3.8) is 0 Å². The summed E-state index contributed by atoms with van der Waals surface area (Å²) in [5, 5.41) is 8.83. The maximum Gasteiger partial charge on any atom is 0.242 e. The molecule has 108 valence electrons. The molecule has 1 amide bonds. The van der Waals surface area contributed by atoms with Gasteiger partial charge in [-0.1, -0.05) is 13.8 Å². The van der Waals surface area contributed by atoms with Gasteiger partial charge in [-0.3, -0.25) is 4.79 Å². The molecule has 0 aliphatic heterocycles. The summed E-state index contributed by atoms with van der Waals surface area (Å²) >= 11 is 0. The monoisotopic (exact) mass is 277 g/mol. The summed E-state index contributed by atoms with van der Waals surface area (Å²) in [5.41, 5.74) is 5.82. The molecule has 5 heteroatoms. The summed E-state index contributed by atoms with van der Waals surface area (Å²) in [6, 6.07) is 6.05. The minimum Gasteiger partial charge on any atom is -0.340 e. The minimum absolute atomic E-state index is 0.0964. The number of rotatable bonds is 5. The lowest BCUT2D eigenvalue weighted by Gasteiger charge is -2.30. The summed E-state index contributed by atoms with van der Waals surface area (Å²) in [6.07, 6.45) is 1.04. The molecule has 0 unspecified atom stereocenters. The Labute approximate surface area is 119 Å². The summed E-state index contributed by atoms with van der Waals surface area (Å²) in [7, 11) is 1.59. The number of nitriles is 1. The van der Waals surface area contributed by atoms with E-state index < -0.39 is 11.4 Å². The fourth-order valence-electron chi connectivity index (χ4n) is 2.03. The van der Waals surface area contributed by atoms with E-state index in [1.54, 1.807) is 7.05 Å². The maximum atomic E-state index is 13.7. The highest BCUT2D eigenvalue weighted by molar-refractivity contribution is 5.85. The molecule has 4 nitrogen and oxygen atoms in total. The van der Waals surface area contributed by atoms with E-state index in [9.17, 15) is 9.18 Å². The average Bonchev–Trinajstić information content (AvgIpc) is 2.47. The van der Waals surface area contributed by atoms with Crippen molar-refractivity contribution in [3.05, 3.63) is 35.1 Å². The lowest BCUT2D eigenvalue weighted by Crippen LogP contribution is -2.53. The molecule has 1 rings (SSSR count). The van der Waals surface area contributed by atoms with E-state index in [0.717, 1.165) is 0 Å². The lowest BCUT2D eigenvalue weighted by molar-refractivity contribution is -0.136. The van der Waals surface area contributed by atoms with Crippen molar-refractivity contribution in [2.45, 2.75) is 38.8 Å². The second kappa shape index (κ2) is 6.49. The summed E-state index contributed by atoms with van der Waals surface area (Å²) < 4.78 is 13.7. The molecule has 2 N–H and O–H groups in total. The van der Waals surface area contributed by atoms with Gasteiger partial charge < -0.3 is 10.6 Å². The first-order valence-corrected chi connectivity index (χ1v) is 6.61. The van der Waals surface area contributed by atoms with Crippen LogP contribution in [0.25, 0.3) is 0 Å². The Bertz CT molecular complexity index is 532. The normalized spacial score (nSPS) is 11.0. The Morgan fingerprint density at radius 1 is 1.45 bits per heavy atom. The van der Waals surface area contributed by atoms with Crippen LogP contribution >= 0.6 is 0 Å². The van der Waals surface area contributed by atoms with E-state index in [1.165, 1.54) is 23.1 Å². The van der Waals surface area contributed by atoms with E-state index in [-0.39, 0.29) is 12.5 Å². The van der Waals surface area contributed by atoms with E-state index in [4.69, 9.17) is 11.0 Å². The molecule has 1 aromatic rings. The fraction of sp³-hybridized carbons (Fsp3) is 0.467. The second-order valence-electron chi connectivity index (χ2n) is 4.94. The molecule has 0 radical (unpaired) electrons. The number of carbonyl (C=O) groups excluding carboxylic acids is 1. The Balaban J connectivity index is 2.94. The number of likely N-dealkylation sites (N-methyl/N-ethyl adjacent to an activating group) is 1. The van der Waals surface area contributed by atoms with E-state index in [0.29, 0.717) is 24.0 Å². The van der Waals surface area contributed by atoms with Gasteiger partial charge in [0.25, 0.3) is 0 Å². The van der Waals surface area contributed by atoms with Crippen LogP contribution in [0.1, 0.15) is 37.8 Å². The smallest absolute Gasteiger partial charge is 0.242 e. The summed E-state index contributed by atoms with van der Waals surface area (Å²) in [5.74, 6) is -0.650. The first-order valence-electron chi connectivity index (χ1n) is 6.61. The van der Waals surface area contributed by atoms with Crippen molar-refractivity contribution >= 4 is 5.91 Å². The zero-order valence-electron chi connectivity index (χ0n) is 12.1. The Hall–Kier alpha value is -1.93. The quantitative estimate of drug-likeness (QED) is 0.896. The van der Waals surface area contributed by atoms with Crippen molar-refractivity contribution in [1.29, 1.82) is 5.26 Å². The van der Waals surface area contributed by atoms with Gasteiger partial charge in [0, 0.05) is 19.2 Å². The van der Waals surface area contributed by atoms with Crippen LogP contribution < -0.4 is 5.73 Å². The molecule has 0 atom stereocenters. The van der Waals surface area contributed by atoms with Gasteiger partial charge in [-0.25, -0.2) is 4.39 Å². The van der Waals surface area contributed by atoms with Crippen molar-refractivity contribution in [2.75, 3.05) is 7.05 Å². The highest BCUT2D eigenvalue weighted by Gasteiger charge is 2.32. The third-order valence-corrected chi connectivity index (χ3v) is 3.62. The van der Waals surface area contributed by atoms with Gasteiger partial charge in [-0.2, -0.15) is 5.26 Å². The Morgan fingerprint density at radius 2 is 2.05 bits per heavy atom. The van der Waals surface area contributed by atoms with E-state index in [2.05, 4.69) is 0 Å². The molecule has 0 saturated heterocycles. The highest BCUT2D eigenvalue weighted by atomic mass is 19.1. The van der Waals surface area contributed by atoms with Crippen molar-refractivity contribution < 1.29 is 9.18 Å². The standard InChI is InChI=1S/C15H20FN3O/c1-4-15(18,5-2)14(20)19(3)10-12-8-11(9-17)6-7-13(12)16/h6-8H,4-5,10,18H2,1-3H3. The first-order chi connectivity index (χ1) is 9.37. The van der Waals surface area contributed by atoms with Gasteiger partial charge in [0.05, 0.1) is 17.2 Å². The molecule has 0 saturated carbocycles. The molecule has 0 bridgehead atoms. The number of nitrogens with two attached hydrogens (primary N) is 1. The van der Waals surface area contributed by atoms with Gasteiger partial charge in [0.2, 0.25) is 5.91 Å². The van der Waals surface area contributed by atoms with Crippen LogP contribution in [-0.4, -0.2) is 23.4 Å².